The number of nitrogens with zero attached hydrogens (tertiary/aromatic N) is 1. The molecular formula is C23H20N2O6S. The molecule has 0 bridgehead atoms. The van der Waals surface area contributed by atoms with Crippen LogP contribution < -0.4 is 10.2 Å². The van der Waals surface area contributed by atoms with Crippen LogP contribution >= 0.6 is 11.3 Å². The van der Waals surface area contributed by atoms with E-state index in [4.69, 9.17) is 9.47 Å². The number of para-hydroxylation sites is 1. The number of nitrogens with one attached hydrogen (secondary N) is 1. The molecule has 0 radical (unpaired) electrons. The van der Waals surface area contributed by atoms with E-state index < -0.39 is 17.8 Å². The van der Waals surface area contributed by atoms with Crippen molar-refractivity contribution in [3.63, 3.8) is 0 Å². The third kappa shape index (κ3) is 4.84. The molecule has 32 heavy (non-hydrogen) atoms. The van der Waals surface area contributed by atoms with Crippen LogP contribution in [-0.4, -0.2) is 45.0 Å². The zero-order valence-electron chi connectivity index (χ0n) is 17.6. The fourth-order valence-corrected chi connectivity index (χ4v) is 3.70. The van der Waals surface area contributed by atoms with Gasteiger partial charge in [0.1, 0.15) is 0 Å². The molecule has 0 atom stereocenters. The second-order valence-corrected chi connectivity index (χ2v) is 7.54. The standard InChI is InChI=1S/C23H20N2O6S/c1-25(21(27)19-9-6-10-32-19)18-8-5-4-7-17(18)20(26)24-16-12-14(22(28)30-2)11-15(13-16)23(29)31-3/h4-13H,1-3H3,(H,24,26). The summed E-state index contributed by atoms with van der Waals surface area (Å²) in [6, 6.07) is 14.2. The summed E-state index contributed by atoms with van der Waals surface area (Å²) in [7, 11) is 4.01. The molecule has 2 amide bonds. The molecule has 1 aromatic heterocycles. The Bertz CT molecular complexity index is 1140. The van der Waals surface area contributed by atoms with Gasteiger partial charge in [0.2, 0.25) is 0 Å². The molecule has 0 saturated heterocycles. The highest BCUT2D eigenvalue weighted by atomic mass is 32.1. The van der Waals surface area contributed by atoms with Crippen LogP contribution in [-0.2, 0) is 9.47 Å². The lowest BCUT2D eigenvalue weighted by Gasteiger charge is -2.20. The fraction of sp³-hybridized carbons (Fsp3) is 0.130. The summed E-state index contributed by atoms with van der Waals surface area (Å²) >= 11 is 1.30. The number of methoxy groups -OCH3 is 2. The van der Waals surface area contributed by atoms with Crippen LogP contribution in [0.5, 0.6) is 0 Å². The molecule has 9 heteroatoms. The smallest absolute Gasteiger partial charge is 0.337 e. The minimum Gasteiger partial charge on any atom is -0.465 e. The van der Waals surface area contributed by atoms with Crippen LogP contribution in [0.3, 0.4) is 0 Å². The van der Waals surface area contributed by atoms with Crippen molar-refractivity contribution < 1.29 is 28.7 Å². The van der Waals surface area contributed by atoms with Crippen molar-refractivity contribution in [2.24, 2.45) is 0 Å². The van der Waals surface area contributed by atoms with E-state index in [1.165, 1.54) is 48.7 Å². The van der Waals surface area contributed by atoms with E-state index >= 15 is 0 Å². The lowest BCUT2D eigenvalue weighted by Crippen LogP contribution is -2.28. The molecule has 0 fully saturated rings. The zero-order chi connectivity index (χ0) is 23.3. The van der Waals surface area contributed by atoms with Crippen LogP contribution in [0.15, 0.2) is 60.0 Å². The second-order valence-electron chi connectivity index (χ2n) is 6.59. The number of ether oxygens (including phenoxy) is 2. The van der Waals surface area contributed by atoms with Gasteiger partial charge in [-0.25, -0.2) is 9.59 Å². The van der Waals surface area contributed by atoms with Gasteiger partial charge in [-0.15, -0.1) is 11.3 Å². The molecule has 0 unspecified atom stereocenters. The largest absolute Gasteiger partial charge is 0.465 e. The summed E-state index contributed by atoms with van der Waals surface area (Å²) in [5, 5.41) is 4.47. The average molecular weight is 452 g/mol. The highest BCUT2D eigenvalue weighted by molar-refractivity contribution is 7.12. The monoisotopic (exact) mass is 452 g/mol. The first-order valence-corrected chi connectivity index (χ1v) is 10.3. The number of carbonyl (C=O) groups excluding carboxylic acids is 4. The van der Waals surface area contributed by atoms with Crippen molar-refractivity contribution in [1.29, 1.82) is 0 Å². The van der Waals surface area contributed by atoms with Crippen molar-refractivity contribution in [2.45, 2.75) is 0 Å². The Hall–Kier alpha value is -3.98. The molecule has 3 aromatic rings. The Balaban J connectivity index is 1.93. The first-order chi connectivity index (χ1) is 15.3. The summed E-state index contributed by atoms with van der Waals surface area (Å²) in [6.07, 6.45) is 0. The Morgan fingerprint density at radius 1 is 0.875 bits per heavy atom. The van der Waals surface area contributed by atoms with Crippen LogP contribution in [0.2, 0.25) is 0 Å². The van der Waals surface area contributed by atoms with Gasteiger partial charge in [0.05, 0.1) is 41.5 Å². The number of anilines is 2. The summed E-state index contributed by atoms with van der Waals surface area (Å²) in [4.78, 5) is 51.7. The predicted molar refractivity (Wildman–Crippen MR) is 121 cm³/mol. The molecule has 0 saturated carbocycles. The van der Waals surface area contributed by atoms with E-state index in [0.29, 0.717) is 10.6 Å². The highest BCUT2D eigenvalue weighted by Gasteiger charge is 2.21. The zero-order valence-corrected chi connectivity index (χ0v) is 18.4. The highest BCUT2D eigenvalue weighted by Crippen LogP contribution is 2.24. The van der Waals surface area contributed by atoms with Crippen molar-refractivity contribution in [3.05, 3.63) is 81.5 Å². The summed E-state index contributed by atoms with van der Waals surface area (Å²) in [6.45, 7) is 0. The Morgan fingerprint density at radius 3 is 2.06 bits per heavy atom. The van der Waals surface area contributed by atoms with Gasteiger partial charge in [0.15, 0.2) is 0 Å². The number of rotatable bonds is 6. The second kappa shape index (κ2) is 9.88. The molecule has 8 nitrogen and oxygen atoms in total. The third-order valence-corrected chi connectivity index (χ3v) is 5.44. The van der Waals surface area contributed by atoms with E-state index in [1.54, 1.807) is 48.8 Å². The van der Waals surface area contributed by atoms with Gasteiger partial charge in [0.25, 0.3) is 11.8 Å². The van der Waals surface area contributed by atoms with Gasteiger partial charge in [-0.3, -0.25) is 9.59 Å². The third-order valence-electron chi connectivity index (χ3n) is 4.58. The number of carbonyl (C=O) groups is 4. The molecule has 164 valence electrons. The Labute approximate surface area is 188 Å². The maximum absolute atomic E-state index is 13.1. The van der Waals surface area contributed by atoms with Gasteiger partial charge < -0.3 is 19.7 Å². The lowest BCUT2D eigenvalue weighted by atomic mass is 10.1. The molecule has 0 spiro atoms. The van der Waals surface area contributed by atoms with E-state index in [1.807, 2.05) is 0 Å². The summed E-state index contributed by atoms with van der Waals surface area (Å²) in [5.41, 5.74) is 0.983. The predicted octanol–water partition coefficient (Wildman–Crippen LogP) is 3.85. The molecule has 0 aliphatic carbocycles. The molecule has 3 rings (SSSR count). The van der Waals surface area contributed by atoms with Crippen molar-refractivity contribution in [3.8, 4) is 0 Å². The molecule has 0 aliphatic rings. The lowest BCUT2D eigenvalue weighted by molar-refractivity contribution is 0.0598. The first-order valence-electron chi connectivity index (χ1n) is 9.39. The number of hydrogen-bond acceptors (Lipinski definition) is 7. The molecule has 1 heterocycles. The van der Waals surface area contributed by atoms with E-state index in [9.17, 15) is 19.2 Å². The average Bonchev–Trinajstić information content (AvgIpc) is 3.36. The summed E-state index contributed by atoms with van der Waals surface area (Å²) in [5.74, 6) is -2.12. The first kappa shape index (κ1) is 22.7. The van der Waals surface area contributed by atoms with Gasteiger partial charge in [-0.1, -0.05) is 18.2 Å². The molecule has 2 aromatic carbocycles. The van der Waals surface area contributed by atoms with Crippen LogP contribution in [0, 0.1) is 0 Å². The Kier molecular flexibility index (Phi) is 7.01. The van der Waals surface area contributed by atoms with Crippen molar-refractivity contribution in [2.75, 3.05) is 31.5 Å². The quantitative estimate of drug-likeness (QED) is 0.570. The number of esters is 2. The van der Waals surface area contributed by atoms with Crippen molar-refractivity contribution >= 4 is 46.5 Å². The van der Waals surface area contributed by atoms with Gasteiger partial charge in [-0.05, 0) is 41.8 Å². The molecular weight excluding hydrogens is 432 g/mol. The minimum atomic E-state index is -0.673. The van der Waals surface area contributed by atoms with Gasteiger partial charge in [-0.2, -0.15) is 0 Å². The maximum atomic E-state index is 13.1. The number of benzene rings is 2. The fourth-order valence-electron chi connectivity index (χ4n) is 3.00. The van der Waals surface area contributed by atoms with Crippen LogP contribution in [0.1, 0.15) is 40.7 Å². The normalized spacial score (nSPS) is 10.2. The van der Waals surface area contributed by atoms with Crippen LogP contribution in [0.25, 0.3) is 0 Å². The topological polar surface area (TPSA) is 102 Å². The Morgan fingerprint density at radius 2 is 1.50 bits per heavy atom. The molecule has 0 aliphatic heterocycles. The minimum absolute atomic E-state index is 0.0731. The van der Waals surface area contributed by atoms with Gasteiger partial charge in [0, 0.05) is 12.7 Å². The SMILES string of the molecule is COC(=O)c1cc(NC(=O)c2ccccc2N(C)C(=O)c2cccs2)cc(C(=O)OC)c1. The number of hydrogen-bond donors (Lipinski definition) is 1. The van der Waals surface area contributed by atoms with Crippen LogP contribution in [0.4, 0.5) is 11.4 Å². The van der Waals surface area contributed by atoms with Gasteiger partial charge >= 0.3 is 11.9 Å². The summed E-state index contributed by atoms with van der Waals surface area (Å²) < 4.78 is 9.43. The van der Waals surface area contributed by atoms with Crippen molar-refractivity contribution in [1.82, 2.24) is 0 Å². The molecule has 1 N–H and O–H groups in total. The number of amides is 2. The van der Waals surface area contributed by atoms with E-state index in [2.05, 4.69) is 5.32 Å². The van der Waals surface area contributed by atoms with E-state index in [0.717, 1.165) is 0 Å². The maximum Gasteiger partial charge on any atom is 0.337 e. The van der Waals surface area contributed by atoms with E-state index in [-0.39, 0.29) is 28.3 Å². The number of thiophene rings is 1.